The van der Waals surface area contributed by atoms with E-state index in [-0.39, 0.29) is 24.0 Å². The summed E-state index contributed by atoms with van der Waals surface area (Å²) in [7, 11) is 0. The Kier molecular flexibility index (Phi) is 4.62. The molecule has 1 aliphatic rings. The molecule has 1 aliphatic carbocycles. The number of anilines is 1. The molecule has 3 N–H and O–H groups in total. The molecule has 1 saturated carbocycles. The van der Waals surface area contributed by atoms with Crippen LogP contribution in [-0.2, 0) is 0 Å². The largest absolute Gasteiger partial charge is 0.433 e. The van der Waals surface area contributed by atoms with Gasteiger partial charge < -0.3 is 20.5 Å². The minimum absolute atomic E-state index is 0.111. The average Bonchev–Trinajstić information content (AvgIpc) is 3.25. The van der Waals surface area contributed by atoms with E-state index in [1.807, 2.05) is 0 Å². The van der Waals surface area contributed by atoms with E-state index in [2.05, 4.69) is 15.4 Å². The number of carbonyl (C=O) groups is 1. The van der Waals surface area contributed by atoms with E-state index in [0.717, 1.165) is 12.8 Å². The number of rotatable bonds is 6. The zero-order valence-corrected chi connectivity index (χ0v) is 11.6. The average molecular weight is 300 g/mol. The molecule has 1 unspecified atom stereocenters. The van der Waals surface area contributed by atoms with Crippen molar-refractivity contribution < 1.29 is 23.4 Å². The van der Waals surface area contributed by atoms with Crippen LogP contribution in [0.3, 0.4) is 0 Å². The molecular weight excluding hydrogens is 282 g/mol. The molecule has 1 aromatic carbocycles. The summed E-state index contributed by atoms with van der Waals surface area (Å²) in [6.45, 7) is -1.39. The second kappa shape index (κ2) is 6.26. The first-order valence-corrected chi connectivity index (χ1v) is 6.68. The summed E-state index contributed by atoms with van der Waals surface area (Å²) in [5.74, 6) is 0.126. The first kappa shape index (κ1) is 15.5. The van der Waals surface area contributed by atoms with Gasteiger partial charge in [0.15, 0.2) is 0 Å². The second-order valence-corrected chi connectivity index (χ2v) is 5.30. The Bertz CT molecular complexity index is 509. The lowest BCUT2D eigenvalue weighted by Gasteiger charge is -2.28. The van der Waals surface area contributed by atoms with Gasteiger partial charge >= 0.3 is 12.6 Å². The summed E-state index contributed by atoms with van der Waals surface area (Å²) in [5, 5.41) is 14.6. The molecule has 7 heteroatoms. The number of aliphatic hydroxyl groups is 1. The van der Waals surface area contributed by atoms with E-state index < -0.39 is 18.2 Å². The number of para-hydroxylation sites is 2. The van der Waals surface area contributed by atoms with E-state index in [1.165, 1.54) is 18.2 Å². The van der Waals surface area contributed by atoms with Crippen molar-refractivity contribution in [1.29, 1.82) is 0 Å². The van der Waals surface area contributed by atoms with Crippen LogP contribution in [0.15, 0.2) is 24.3 Å². The lowest BCUT2D eigenvalue weighted by atomic mass is 9.97. The van der Waals surface area contributed by atoms with E-state index in [9.17, 15) is 18.7 Å². The molecule has 0 heterocycles. The molecule has 0 saturated heterocycles. The summed E-state index contributed by atoms with van der Waals surface area (Å²) in [6, 6.07) is 5.37. The van der Waals surface area contributed by atoms with Gasteiger partial charge in [-0.3, -0.25) is 0 Å². The van der Waals surface area contributed by atoms with Gasteiger partial charge in [0.1, 0.15) is 5.75 Å². The third-order valence-corrected chi connectivity index (χ3v) is 3.56. The van der Waals surface area contributed by atoms with Crippen molar-refractivity contribution in [2.75, 3.05) is 11.9 Å². The summed E-state index contributed by atoms with van der Waals surface area (Å²) >= 11 is 0. The molecule has 0 aromatic heterocycles. The van der Waals surface area contributed by atoms with Crippen molar-refractivity contribution >= 4 is 11.7 Å². The quantitative estimate of drug-likeness (QED) is 0.756. The number of alkyl halides is 2. The highest BCUT2D eigenvalue weighted by Crippen LogP contribution is 2.39. The van der Waals surface area contributed by atoms with Crippen molar-refractivity contribution in [3.8, 4) is 5.75 Å². The molecule has 116 valence electrons. The number of aliphatic hydroxyl groups excluding tert-OH is 1. The third kappa shape index (κ3) is 4.04. The molecule has 0 spiro atoms. The summed E-state index contributed by atoms with van der Waals surface area (Å²) in [6.07, 6.45) is 1.89. The van der Waals surface area contributed by atoms with Gasteiger partial charge in [-0.05, 0) is 37.8 Å². The molecule has 1 fully saturated rings. The highest BCUT2D eigenvalue weighted by molar-refractivity contribution is 5.91. The number of amides is 2. The number of hydrogen-bond acceptors (Lipinski definition) is 3. The maximum Gasteiger partial charge on any atom is 0.387 e. The predicted octanol–water partition coefficient (Wildman–Crippen LogP) is 2.57. The van der Waals surface area contributed by atoms with Crippen LogP contribution in [0.4, 0.5) is 19.3 Å². The van der Waals surface area contributed by atoms with Crippen molar-refractivity contribution in [2.45, 2.75) is 31.9 Å². The number of halogens is 2. The maximum absolute atomic E-state index is 12.3. The van der Waals surface area contributed by atoms with Crippen LogP contribution in [-0.4, -0.2) is 29.9 Å². The van der Waals surface area contributed by atoms with Crippen LogP contribution >= 0.6 is 0 Å². The zero-order valence-electron chi connectivity index (χ0n) is 11.6. The molecular formula is C14H18F2N2O3. The lowest BCUT2D eigenvalue weighted by Crippen LogP contribution is -2.52. The van der Waals surface area contributed by atoms with Crippen LogP contribution in [0.5, 0.6) is 5.75 Å². The normalized spacial score (nSPS) is 17.2. The predicted molar refractivity (Wildman–Crippen MR) is 73.4 cm³/mol. The van der Waals surface area contributed by atoms with Crippen molar-refractivity contribution in [2.24, 2.45) is 5.92 Å². The monoisotopic (exact) mass is 300 g/mol. The van der Waals surface area contributed by atoms with E-state index in [4.69, 9.17) is 0 Å². The van der Waals surface area contributed by atoms with E-state index >= 15 is 0 Å². The first-order chi connectivity index (χ1) is 9.94. The van der Waals surface area contributed by atoms with Gasteiger partial charge in [0.05, 0.1) is 17.8 Å². The van der Waals surface area contributed by atoms with Crippen molar-refractivity contribution in [3.63, 3.8) is 0 Å². The van der Waals surface area contributed by atoms with Crippen LogP contribution in [0.1, 0.15) is 19.8 Å². The molecule has 2 rings (SSSR count). The van der Waals surface area contributed by atoms with Gasteiger partial charge in [0, 0.05) is 0 Å². The molecule has 5 nitrogen and oxygen atoms in total. The van der Waals surface area contributed by atoms with Crippen LogP contribution in [0.25, 0.3) is 0 Å². The molecule has 1 aromatic rings. The Morgan fingerprint density at radius 2 is 2.14 bits per heavy atom. The minimum atomic E-state index is -2.97. The Balaban J connectivity index is 2.02. The molecule has 0 aliphatic heterocycles. The van der Waals surface area contributed by atoms with Gasteiger partial charge in [0.2, 0.25) is 0 Å². The molecule has 0 radical (unpaired) electrons. The van der Waals surface area contributed by atoms with Crippen molar-refractivity contribution in [1.82, 2.24) is 5.32 Å². The molecule has 21 heavy (non-hydrogen) atoms. The minimum Gasteiger partial charge on any atom is -0.433 e. The Labute approximate surface area is 121 Å². The Morgan fingerprint density at radius 3 is 2.71 bits per heavy atom. The fraction of sp³-hybridized carbons (Fsp3) is 0.500. The van der Waals surface area contributed by atoms with Gasteiger partial charge in [-0.15, -0.1) is 0 Å². The van der Waals surface area contributed by atoms with Crippen LogP contribution in [0.2, 0.25) is 0 Å². The van der Waals surface area contributed by atoms with Gasteiger partial charge in [0.25, 0.3) is 0 Å². The summed E-state index contributed by atoms with van der Waals surface area (Å²) in [5.41, 5.74) is -0.561. The lowest BCUT2D eigenvalue weighted by molar-refractivity contribution is -0.0493. The first-order valence-electron chi connectivity index (χ1n) is 6.68. The Hall–Kier alpha value is -1.89. The van der Waals surface area contributed by atoms with Crippen molar-refractivity contribution in [3.05, 3.63) is 24.3 Å². The van der Waals surface area contributed by atoms with Gasteiger partial charge in [-0.25, -0.2) is 4.79 Å². The standard InChI is InChI=1S/C14H18F2N2O3/c1-14(8-19,9-6-7-9)18-13(20)17-10-4-2-3-5-11(10)21-12(15)16/h2-5,9,12,19H,6-8H2,1H3,(H2,17,18,20). The molecule has 1 atom stereocenters. The highest BCUT2D eigenvalue weighted by Gasteiger charge is 2.42. The second-order valence-electron chi connectivity index (χ2n) is 5.30. The fourth-order valence-electron chi connectivity index (χ4n) is 2.17. The fourth-order valence-corrected chi connectivity index (χ4v) is 2.17. The molecule has 0 bridgehead atoms. The number of urea groups is 1. The molecule has 2 amide bonds. The summed E-state index contributed by atoms with van der Waals surface area (Å²) in [4.78, 5) is 12.0. The number of carbonyl (C=O) groups excluding carboxylic acids is 1. The van der Waals surface area contributed by atoms with E-state index in [0.29, 0.717) is 0 Å². The topological polar surface area (TPSA) is 70.6 Å². The Morgan fingerprint density at radius 1 is 1.48 bits per heavy atom. The number of benzene rings is 1. The SMILES string of the molecule is CC(CO)(NC(=O)Nc1ccccc1OC(F)F)C1CC1. The summed E-state index contributed by atoms with van der Waals surface area (Å²) < 4.78 is 28.9. The number of nitrogens with one attached hydrogen (secondary N) is 2. The highest BCUT2D eigenvalue weighted by atomic mass is 19.3. The maximum atomic E-state index is 12.3. The van der Waals surface area contributed by atoms with Crippen LogP contribution < -0.4 is 15.4 Å². The van der Waals surface area contributed by atoms with E-state index in [1.54, 1.807) is 13.0 Å². The number of ether oxygens (including phenoxy) is 1. The third-order valence-electron chi connectivity index (χ3n) is 3.56. The zero-order chi connectivity index (χ0) is 15.5. The van der Waals surface area contributed by atoms with Crippen LogP contribution in [0, 0.1) is 5.92 Å². The number of hydrogen-bond donors (Lipinski definition) is 3. The van der Waals surface area contributed by atoms with Gasteiger partial charge in [-0.2, -0.15) is 8.78 Å². The smallest absolute Gasteiger partial charge is 0.387 e. The van der Waals surface area contributed by atoms with Gasteiger partial charge in [-0.1, -0.05) is 12.1 Å².